The summed E-state index contributed by atoms with van der Waals surface area (Å²) < 4.78 is 12.7. The molecule has 0 atom stereocenters. The van der Waals surface area contributed by atoms with Crippen molar-refractivity contribution >= 4 is 0 Å². The van der Waals surface area contributed by atoms with Crippen molar-refractivity contribution in [2.24, 2.45) is 5.92 Å². The van der Waals surface area contributed by atoms with Gasteiger partial charge in [0.25, 0.3) is 0 Å². The van der Waals surface area contributed by atoms with Gasteiger partial charge in [-0.1, -0.05) is 0 Å². The van der Waals surface area contributed by atoms with Crippen LogP contribution in [0.15, 0.2) is 18.3 Å². The van der Waals surface area contributed by atoms with Gasteiger partial charge in [-0.05, 0) is 37.6 Å². The monoisotopic (exact) mass is 166 g/mol. The van der Waals surface area contributed by atoms with E-state index in [0.717, 1.165) is 25.2 Å². The van der Waals surface area contributed by atoms with Crippen molar-refractivity contribution in [3.8, 4) is 0 Å². The van der Waals surface area contributed by atoms with Gasteiger partial charge in [-0.15, -0.1) is 0 Å². The highest BCUT2D eigenvalue weighted by atomic mass is 19.1. The smallest absolute Gasteiger partial charge is 0.126 e. The molecule has 1 fully saturated rings. The van der Waals surface area contributed by atoms with Crippen molar-refractivity contribution < 1.29 is 4.39 Å². The number of nitrogens with one attached hydrogen (secondary N) is 1. The topological polar surface area (TPSA) is 24.9 Å². The van der Waals surface area contributed by atoms with Gasteiger partial charge >= 0.3 is 0 Å². The molecular weight excluding hydrogens is 155 g/mol. The Hall–Kier alpha value is -0.960. The van der Waals surface area contributed by atoms with Gasteiger partial charge in [0, 0.05) is 11.9 Å². The van der Waals surface area contributed by atoms with Crippen LogP contribution in [0.25, 0.3) is 0 Å². The predicted octanol–water partition coefficient (Wildman–Crippen LogP) is 0.983. The molecule has 1 saturated heterocycles. The summed E-state index contributed by atoms with van der Waals surface area (Å²) in [6.07, 6.45) is 2.42. The van der Waals surface area contributed by atoms with Crippen LogP contribution in [0.5, 0.6) is 0 Å². The summed E-state index contributed by atoms with van der Waals surface area (Å²) in [7, 11) is 0. The summed E-state index contributed by atoms with van der Waals surface area (Å²) in [5.74, 6) is 0.464. The fourth-order valence-corrected chi connectivity index (χ4v) is 1.35. The standard InChI is InChI=1S/C9H11FN2/c10-8-1-2-12-9(4-8)3-7-5-11-6-7/h1-2,4,7,11H,3,5-6H2. The Kier molecular flexibility index (Phi) is 2.04. The zero-order valence-corrected chi connectivity index (χ0v) is 6.76. The third-order valence-electron chi connectivity index (χ3n) is 2.14. The van der Waals surface area contributed by atoms with Crippen LogP contribution in [-0.4, -0.2) is 18.1 Å². The summed E-state index contributed by atoms with van der Waals surface area (Å²) in [5, 5.41) is 3.17. The second-order valence-corrected chi connectivity index (χ2v) is 3.19. The first-order chi connectivity index (χ1) is 5.84. The van der Waals surface area contributed by atoms with E-state index in [2.05, 4.69) is 10.3 Å². The Morgan fingerprint density at radius 1 is 1.58 bits per heavy atom. The molecule has 1 N–H and O–H groups in total. The van der Waals surface area contributed by atoms with Crippen molar-refractivity contribution in [3.63, 3.8) is 0 Å². The Bertz CT molecular complexity index is 271. The fraction of sp³-hybridized carbons (Fsp3) is 0.444. The molecule has 0 aromatic carbocycles. The van der Waals surface area contributed by atoms with Crippen molar-refractivity contribution in [2.75, 3.05) is 13.1 Å². The van der Waals surface area contributed by atoms with Gasteiger partial charge in [0.2, 0.25) is 0 Å². The van der Waals surface area contributed by atoms with Crippen LogP contribution in [0.2, 0.25) is 0 Å². The van der Waals surface area contributed by atoms with Gasteiger partial charge in [-0.25, -0.2) is 4.39 Å². The molecule has 2 rings (SSSR count). The molecule has 12 heavy (non-hydrogen) atoms. The minimum atomic E-state index is -0.188. The van der Waals surface area contributed by atoms with E-state index in [4.69, 9.17) is 0 Å². The van der Waals surface area contributed by atoms with E-state index in [-0.39, 0.29) is 5.82 Å². The molecule has 0 spiro atoms. The van der Waals surface area contributed by atoms with E-state index < -0.39 is 0 Å². The zero-order valence-electron chi connectivity index (χ0n) is 6.76. The normalized spacial score (nSPS) is 17.4. The largest absolute Gasteiger partial charge is 0.316 e. The lowest BCUT2D eigenvalue weighted by atomic mass is 9.97. The van der Waals surface area contributed by atoms with Crippen LogP contribution in [0.4, 0.5) is 4.39 Å². The minimum absolute atomic E-state index is 0.188. The predicted molar refractivity (Wildman–Crippen MR) is 44.3 cm³/mol. The summed E-state index contributed by atoms with van der Waals surface area (Å²) in [6.45, 7) is 2.08. The lowest BCUT2D eigenvalue weighted by Gasteiger charge is -2.26. The average molecular weight is 166 g/mol. The Morgan fingerprint density at radius 2 is 2.42 bits per heavy atom. The third kappa shape index (κ3) is 1.61. The molecule has 0 amide bonds. The molecule has 0 bridgehead atoms. The molecule has 0 saturated carbocycles. The van der Waals surface area contributed by atoms with Crippen molar-refractivity contribution in [1.29, 1.82) is 0 Å². The van der Waals surface area contributed by atoms with Crippen LogP contribution in [0, 0.1) is 11.7 Å². The van der Waals surface area contributed by atoms with Crippen LogP contribution in [0.1, 0.15) is 5.69 Å². The number of halogens is 1. The highest BCUT2D eigenvalue weighted by molar-refractivity contribution is 5.07. The molecule has 1 aliphatic heterocycles. The van der Waals surface area contributed by atoms with Gasteiger partial charge in [-0.2, -0.15) is 0 Å². The second kappa shape index (κ2) is 3.19. The summed E-state index contributed by atoms with van der Waals surface area (Å²) in [4.78, 5) is 4.09. The first-order valence-corrected chi connectivity index (χ1v) is 4.16. The Morgan fingerprint density at radius 3 is 3.00 bits per heavy atom. The van der Waals surface area contributed by atoms with E-state index >= 15 is 0 Å². The molecule has 0 unspecified atom stereocenters. The van der Waals surface area contributed by atoms with Gasteiger partial charge < -0.3 is 5.32 Å². The summed E-state index contributed by atoms with van der Waals surface area (Å²) in [5.41, 5.74) is 0.863. The van der Waals surface area contributed by atoms with Gasteiger partial charge in [0.1, 0.15) is 5.82 Å². The van der Waals surface area contributed by atoms with E-state index in [0.29, 0.717) is 5.92 Å². The number of rotatable bonds is 2. The zero-order chi connectivity index (χ0) is 8.39. The van der Waals surface area contributed by atoms with Gasteiger partial charge in [0.05, 0.1) is 0 Å². The summed E-state index contributed by atoms with van der Waals surface area (Å²) in [6, 6.07) is 2.89. The maximum absolute atomic E-state index is 12.7. The van der Waals surface area contributed by atoms with Crippen LogP contribution in [-0.2, 0) is 6.42 Å². The second-order valence-electron chi connectivity index (χ2n) is 3.19. The van der Waals surface area contributed by atoms with Crippen molar-refractivity contribution in [2.45, 2.75) is 6.42 Å². The molecule has 64 valence electrons. The molecule has 2 heterocycles. The molecular formula is C9H11FN2. The van der Waals surface area contributed by atoms with Gasteiger partial charge in [0.15, 0.2) is 0 Å². The highest BCUT2D eigenvalue weighted by Crippen LogP contribution is 2.10. The van der Waals surface area contributed by atoms with Gasteiger partial charge in [-0.3, -0.25) is 4.98 Å². The van der Waals surface area contributed by atoms with E-state index in [9.17, 15) is 4.39 Å². The van der Waals surface area contributed by atoms with Crippen LogP contribution in [0.3, 0.4) is 0 Å². The molecule has 3 heteroatoms. The lowest BCUT2D eigenvalue weighted by Crippen LogP contribution is -2.43. The molecule has 2 nitrogen and oxygen atoms in total. The van der Waals surface area contributed by atoms with Crippen LogP contribution < -0.4 is 5.32 Å². The van der Waals surface area contributed by atoms with E-state index in [1.807, 2.05) is 0 Å². The lowest BCUT2D eigenvalue weighted by molar-refractivity contribution is 0.343. The van der Waals surface area contributed by atoms with Crippen LogP contribution >= 0.6 is 0 Å². The van der Waals surface area contributed by atoms with Crippen molar-refractivity contribution in [1.82, 2.24) is 10.3 Å². The Balaban J connectivity index is 2.02. The molecule has 1 aromatic rings. The SMILES string of the molecule is Fc1ccnc(CC2CNC2)c1. The highest BCUT2D eigenvalue weighted by Gasteiger charge is 2.17. The van der Waals surface area contributed by atoms with E-state index in [1.165, 1.54) is 18.3 Å². The third-order valence-corrected chi connectivity index (χ3v) is 2.14. The fourth-order valence-electron chi connectivity index (χ4n) is 1.35. The number of pyridine rings is 1. The maximum Gasteiger partial charge on any atom is 0.126 e. The number of nitrogens with zero attached hydrogens (tertiary/aromatic N) is 1. The minimum Gasteiger partial charge on any atom is -0.316 e. The average Bonchev–Trinajstić information content (AvgIpc) is 1.97. The van der Waals surface area contributed by atoms with E-state index in [1.54, 1.807) is 0 Å². The maximum atomic E-state index is 12.7. The summed E-state index contributed by atoms with van der Waals surface area (Å²) >= 11 is 0. The van der Waals surface area contributed by atoms with Crippen molar-refractivity contribution in [3.05, 3.63) is 29.8 Å². The number of hydrogen-bond acceptors (Lipinski definition) is 2. The molecule has 1 aromatic heterocycles. The number of aromatic nitrogens is 1. The number of hydrogen-bond donors (Lipinski definition) is 1. The molecule has 0 aliphatic carbocycles. The molecule has 1 aliphatic rings. The Labute approximate surface area is 70.8 Å². The first kappa shape index (κ1) is 7.68. The quantitative estimate of drug-likeness (QED) is 0.708. The molecule has 0 radical (unpaired) electrons. The first-order valence-electron chi connectivity index (χ1n) is 4.16.